The molecular formula is C17H22ClN3O3. The Morgan fingerprint density at radius 2 is 2.08 bits per heavy atom. The minimum atomic E-state index is -0.0363. The lowest BCUT2D eigenvalue weighted by Crippen LogP contribution is -2.25. The molecule has 1 heterocycles. The van der Waals surface area contributed by atoms with Crippen molar-refractivity contribution in [3.05, 3.63) is 35.2 Å². The second-order valence-electron chi connectivity index (χ2n) is 5.64. The molecule has 1 N–H and O–H groups in total. The number of nitrogens with one attached hydrogen (secondary N) is 1. The second-order valence-corrected chi connectivity index (χ2v) is 6.08. The van der Waals surface area contributed by atoms with Crippen molar-refractivity contribution in [2.75, 3.05) is 13.2 Å². The van der Waals surface area contributed by atoms with Gasteiger partial charge in [0.1, 0.15) is 0 Å². The topological polar surface area (TPSA) is 77.2 Å². The lowest BCUT2D eigenvalue weighted by molar-refractivity contribution is -0.121. The maximum atomic E-state index is 11.8. The number of rotatable bonds is 9. The number of carbonyl (C=O) groups is 1. The average Bonchev–Trinajstić information content (AvgIpc) is 3.02. The predicted molar refractivity (Wildman–Crippen MR) is 91.8 cm³/mol. The number of aryl methyl sites for hydroxylation is 1. The van der Waals surface area contributed by atoms with Gasteiger partial charge in [0.2, 0.25) is 17.6 Å². The van der Waals surface area contributed by atoms with E-state index in [1.54, 1.807) is 12.1 Å². The number of carbonyl (C=O) groups excluding carboxylic acids is 1. The minimum absolute atomic E-state index is 0.0363. The monoisotopic (exact) mass is 351 g/mol. The number of benzene rings is 1. The molecule has 1 aromatic carbocycles. The Balaban J connectivity index is 1.71. The van der Waals surface area contributed by atoms with Crippen LogP contribution in [0.5, 0.6) is 0 Å². The van der Waals surface area contributed by atoms with Gasteiger partial charge in [-0.2, -0.15) is 4.98 Å². The minimum Gasteiger partial charge on any atom is -0.379 e. The largest absolute Gasteiger partial charge is 0.379 e. The molecule has 24 heavy (non-hydrogen) atoms. The van der Waals surface area contributed by atoms with E-state index in [0.29, 0.717) is 42.7 Å². The molecule has 0 spiro atoms. The fourth-order valence-corrected chi connectivity index (χ4v) is 2.13. The van der Waals surface area contributed by atoms with Crippen LogP contribution in [-0.4, -0.2) is 35.3 Å². The van der Waals surface area contributed by atoms with Crippen molar-refractivity contribution in [2.24, 2.45) is 0 Å². The summed E-state index contributed by atoms with van der Waals surface area (Å²) in [4.78, 5) is 16.1. The highest BCUT2D eigenvalue weighted by atomic mass is 35.5. The summed E-state index contributed by atoms with van der Waals surface area (Å²) in [6, 6.07) is 7.18. The lowest BCUT2D eigenvalue weighted by atomic mass is 10.2. The highest BCUT2D eigenvalue weighted by Crippen LogP contribution is 2.18. The van der Waals surface area contributed by atoms with Crippen molar-refractivity contribution in [1.82, 2.24) is 15.5 Å². The van der Waals surface area contributed by atoms with Gasteiger partial charge >= 0.3 is 0 Å². The number of amides is 1. The molecule has 0 bridgehead atoms. The number of aromatic nitrogens is 2. The molecule has 2 rings (SSSR count). The van der Waals surface area contributed by atoms with Crippen molar-refractivity contribution in [1.29, 1.82) is 0 Å². The third kappa shape index (κ3) is 6.29. The van der Waals surface area contributed by atoms with Gasteiger partial charge in [-0.3, -0.25) is 4.79 Å². The zero-order chi connectivity index (χ0) is 17.4. The molecule has 0 radical (unpaired) electrons. The highest BCUT2D eigenvalue weighted by molar-refractivity contribution is 6.30. The smallest absolute Gasteiger partial charge is 0.227 e. The molecule has 0 unspecified atom stereocenters. The first-order chi connectivity index (χ1) is 11.5. The number of nitrogens with zero attached hydrogens (tertiary/aromatic N) is 2. The van der Waals surface area contributed by atoms with Crippen LogP contribution in [0.4, 0.5) is 0 Å². The molecule has 7 heteroatoms. The van der Waals surface area contributed by atoms with Crippen molar-refractivity contribution in [3.8, 4) is 11.4 Å². The van der Waals surface area contributed by atoms with Gasteiger partial charge in [-0.05, 0) is 44.5 Å². The second kappa shape index (κ2) is 9.39. The van der Waals surface area contributed by atoms with Crippen molar-refractivity contribution >= 4 is 17.5 Å². The van der Waals surface area contributed by atoms with Gasteiger partial charge in [-0.1, -0.05) is 16.8 Å². The van der Waals surface area contributed by atoms with E-state index in [0.717, 1.165) is 12.0 Å². The predicted octanol–water partition coefficient (Wildman–Crippen LogP) is 3.25. The Labute approximate surface area is 146 Å². The van der Waals surface area contributed by atoms with E-state index in [1.807, 2.05) is 26.0 Å². The molecule has 0 aliphatic carbocycles. The van der Waals surface area contributed by atoms with Crippen molar-refractivity contribution in [3.63, 3.8) is 0 Å². The summed E-state index contributed by atoms with van der Waals surface area (Å²) in [5.74, 6) is 0.900. The summed E-state index contributed by atoms with van der Waals surface area (Å²) in [6.07, 6.45) is 1.74. The molecule has 1 amide bonds. The normalized spacial score (nSPS) is 11.0. The zero-order valence-electron chi connectivity index (χ0n) is 13.9. The molecule has 1 aromatic heterocycles. The first-order valence-corrected chi connectivity index (χ1v) is 8.39. The molecule has 6 nitrogen and oxygen atoms in total. The van der Waals surface area contributed by atoms with Gasteiger partial charge in [-0.25, -0.2) is 0 Å². The van der Waals surface area contributed by atoms with E-state index in [4.69, 9.17) is 20.9 Å². The third-order valence-electron chi connectivity index (χ3n) is 3.23. The quantitative estimate of drug-likeness (QED) is 0.702. The number of ether oxygens (including phenoxy) is 1. The van der Waals surface area contributed by atoms with Gasteiger partial charge in [-0.15, -0.1) is 0 Å². The van der Waals surface area contributed by atoms with Gasteiger partial charge in [0, 0.05) is 36.6 Å². The summed E-state index contributed by atoms with van der Waals surface area (Å²) in [6.45, 7) is 5.22. The van der Waals surface area contributed by atoms with Crippen LogP contribution >= 0.6 is 11.6 Å². The van der Waals surface area contributed by atoms with Crippen LogP contribution < -0.4 is 5.32 Å². The van der Waals surface area contributed by atoms with E-state index in [1.165, 1.54) is 0 Å². The standard InChI is InChI=1S/C17H22ClN3O3/c1-12(2)23-11-3-10-19-15(22)8-9-16-20-17(21-24-16)13-4-6-14(18)7-5-13/h4-7,12H,3,8-11H2,1-2H3,(H,19,22). The summed E-state index contributed by atoms with van der Waals surface area (Å²) in [5.41, 5.74) is 0.823. The first kappa shape index (κ1) is 18.4. The van der Waals surface area contributed by atoms with Gasteiger partial charge in [0.15, 0.2) is 0 Å². The Morgan fingerprint density at radius 3 is 2.79 bits per heavy atom. The molecule has 0 atom stereocenters. The van der Waals surface area contributed by atoms with E-state index < -0.39 is 0 Å². The summed E-state index contributed by atoms with van der Waals surface area (Å²) in [7, 11) is 0. The van der Waals surface area contributed by atoms with Gasteiger partial charge in [0.05, 0.1) is 6.10 Å². The number of hydrogen-bond acceptors (Lipinski definition) is 5. The van der Waals surface area contributed by atoms with E-state index in [2.05, 4.69) is 15.5 Å². The van der Waals surface area contributed by atoms with Gasteiger partial charge < -0.3 is 14.6 Å². The summed E-state index contributed by atoms with van der Waals surface area (Å²) >= 11 is 5.85. The van der Waals surface area contributed by atoms with Crippen LogP contribution in [0, 0.1) is 0 Å². The van der Waals surface area contributed by atoms with Crippen molar-refractivity contribution in [2.45, 2.75) is 39.2 Å². The first-order valence-electron chi connectivity index (χ1n) is 8.01. The number of halogens is 1. The van der Waals surface area contributed by atoms with Crippen LogP contribution in [0.2, 0.25) is 5.02 Å². The van der Waals surface area contributed by atoms with E-state index >= 15 is 0 Å². The molecule has 0 saturated heterocycles. The molecule has 0 aliphatic rings. The maximum absolute atomic E-state index is 11.8. The van der Waals surface area contributed by atoms with Crippen LogP contribution in [-0.2, 0) is 16.0 Å². The van der Waals surface area contributed by atoms with Gasteiger partial charge in [0.25, 0.3) is 0 Å². The molecule has 0 fully saturated rings. The SMILES string of the molecule is CC(C)OCCCNC(=O)CCc1nc(-c2ccc(Cl)cc2)no1. The molecule has 2 aromatic rings. The van der Waals surface area contributed by atoms with Crippen LogP contribution in [0.15, 0.2) is 28.8 Å². The highest BCUT2D eigenvalue weighted by Gasteiger charge is 2.10. The molecule has 0 aliphatic heterocycles. The Morgan fingerprint density at radius 1 is 1.33 bits per heavy atom. The fourth-order valence-electron chi connectivity index (χ4n) is 2.00. The Bertz CT molecular complexity index is 641. The number of hydrogen-bond donors (Lipinski definition) is 1. The Hall–Kier alpha value is -1.92. The summed E-state index contributed by atoms with van der Waals surface area (Å²) in [5, 5.41) is 7.42. The lowest BCUT2D eigenvalue weighted by Gasteiger charge is -2.07. The molecular weight excluding hydrogens is 330 g/mol. The van der Waals surface area contributed by atoms with Crippen LogP contribution in [0.1, 0.15) is 32.6 Å². The van der Waals surface area contributed by atoms with E-state index in [9.17, 15) is 4.79 Å². The Kier molecular flexibility index (Phi) is 7.21. The average molecular weight is 352 g/mol. The summed E-state index contributed by atoms with van der Waals surface area (Å²) < 4.78 is 10.6. The maximum Gasteiger partial charge on any atom is 0.227 e. The molecule has 130 valence electrons. The van der Waals surface area contributed by atoms with Crippen molar-refractivity contribution < 1.29 is 14.1 Å². The molecule has 0 saturated carbocycles. The zero-order valence-corrected chi connectivity index (χ0v) is 14.7. The third-order valence-corrected chi connectivity index (χ3v) is 3.48. The van der Waals surface area contributed by atoms with E-state index in [-0.39, 0.29) is 12.0 Å². The van der Waals surface area contributed by atoms with Crippen LogP contribution in [0.25, 0.3) is 11.4 Å². The van der Waals surface area contributed by atoms with Crippen LogP contribution in [0.3, 0.4) is 0 Å². The fraction of sp³-hybridized carbons (Fsp3) is 0.471.